The summed E-state index contributed by atoms with van der Waals surface area (Å²) in [6.45, 7) is 8.98. The van der Waals surface area contributed by atoms with Crippen molar-refractivity contribution in [2.75, 3.05) is 23.3 Å². The molecule has 4 heteroatoms. The molecule has 0 aromatic heterocycles. The molecule has 1 aliphatic rings. The molecule has 0 aliphatic carbocycles. The van der Waals surface area contributed by atoms with Crippen LogP contribution >= 0.6 is 12.2 Å². The third kappa shape index (κ3) is 5.46. The van der Waals surface area contributed by atoms with Crippen LogP contribution in [-0.2, 0) is 6.42 Å². The van der Waals surface area contributed by atoms with Crippen LogP contribution in [0.25, 0.3) is 0 Å². The average Bonchev–Trinajstić information content (AvgIpc) is 2.68. The molecule has 1 heterocycles. The molecule has 0 bridgehead atoms. The summed E-state index contributed by atoms with van der Waals surface area (Å²) >= 11 is 5.48. The Hall–Kier alpha value is -2.07. The molecule has 2 unspecified atom stereocenters. The fourth-order valence-electron chi connectivity index (χ4n) is 3.67. The van der Waals surface area contributed by atoms with Gasteiger partial charge in [0.15, 0.2) is 5.11 Å². The van der Waals surface area contributed by atoms with E-state index in [-0.39, 0.29) is 6.04 Å². The molecular formula is C23H31N3S. The lowest BCUT2D eigenvalue weighted by molar-refractivity contribution is 0.447. The Kier molecular flexibility index (Phi) is 6.73. The van der Waals surface area contributed by atoms with Crippen molar-refractivity contribution in [3.05, 3.63) is 59.7 Å². The molecule has 2 atom stereocenters. The summed E-state index contributed by atoms with van der Waals surface area (Å²) in [5.41, 5.74) is 4.92. The summed E-state index contributed by atoms with van der Waals surface area (Å²) in [6.07, 6.45) is 3.69. The van der Waals surface area contributed by atoms with E-state index in [9.17, 15) is 0 Å². The highest BCUT2D eigenvalue weighted by molar-refractivity contribution is 7.80. The van der Waals surface area contributed by atoms with Crippen LogP contribution in [-0.4, -0.2) is 18.2 Å². The zero-order valence-electron chi connectivity index (χ0n) is 16.7. The van der Waals surface area contributed by atoms with E-state index in [1.54, 1.807) is 0 Å². The third-order valence-corrected chi connectivity index (χ3v) is 5.60. The highest BCUT2D eigenvalue weighted by atomic mass is 32.1. The summed E-state index contributed by atoms with van der Waals surface area (Å²) in [7, 11) is 0. The molecule has 1 fully saturated rings. The Morgan fingerprint density at radius 1 is 1.15 bits per heavy atom. The molecule has 0 radical (unpaired) electrons. The molecule has 0 amide bonds. The van der Waals surface area contributed by atoms with Gasteiger partial charge in [0.25, 0.3) is 0 Å². The normalized spacial score (nSPS) is 18.0. The topological polar surface area (TPSA) is 27.3 Å². The Bertz CT molecular complexity index is 739. The van der Waals surface area contributed by atoms with Crippen LogP contribution in [0.4, 0.5) is 11.4 Å². The van der Waals surface area contributed by atoms with E-state index < -0.39 is 0 Å². The van der Waals surface area contributed by atoms with Gasteiger partial charge in [-0.3, -0.25) is 0 Å². The van der Waals surface area contributed by atoms with Gasteiger partial charge in [0.05, 0.1) is 6.04 Å². The second-order valence-electron chi connectivity index (χ2n) is 7.66. The Balaban J connectivity index is 1.55. The number of nitrogens with zero attached hydrogens (tertiary/aromatic N) is 1. The first-order valence-electron chi connectivity index (χ1n) is 10.1. The predicted molar refractivity (Wildman–Crippen MR) is 121 cm³/mol. The van der Waals surface area contributed by atoms with Crippen LogP contribution in [0.15, 0.2) is 48.5 Å². The van der Waals surface area contributed by atoms with E-state index in [0.717, 1.165) is 24.6 Å². The van der Waals surface area contributed by atoms with E-state index in [0.29, 0.717) is 5.11 Å². The quantitative estimate of drug-likeness (QED) is 0.666. The number of nitrogens with one attached hydrogen (secondary N) is 2. The molecule has 0 spiro atoms. The van der Waals surface area contributed by atoms with Crippen LogP contribution in [0.2, 0.25) is 0 Å². The smallest absolute Gasteiger partial charge is 0.171 e. The molecule has 2 aromatic carbocycles. The van der Waals surface area contributed by atoms with Crippen molar-refractivity contribution in [1.82, 2.24) is 5.32 Å². The first kappa shape index (κ1) is 19.7. The summed E-state index contributed by atoms with van der Waals surface area (Å²) in [6, 6.07) is 17.5. The van der Waals surface area contributed by atoms with Crippen molar-refractivity contribution in [3.63, 3.8) is 0 Å². The zero-order valence-corrected chi connectivity index (χ0v) is 17.5. The molecule has 3 rings (SSSR count). The maximum atomic E-state index is 5.48. The van der Waals surface area contributed by atoms with Crippen LogP contribution in [0.1, 0.15) is 50.8 Å². The second-order valence-corrected chi connectivity index (χ2v) is 8.06. The molecule has 2 N–H and O–H groups in total. The Morgan fingerprint density at radius 3 is 2.48 bits per heavy atom. The summed E-state index contributed by atoms with van der Waals surface area (Å²) in [5, 5.41) is 7.31. The van der Waals surface area contributed by atoms with Crippen molar-refractivity contribution in [2.45, 2.75) is 46.1 Å². The second kappa shape index (κ2) is 9.23. The molecule has 2 aromatic rings. The minimum atomic E-state index is 0.161. The Morgan fingerprint density at radius 2 is 1.85 bits per heavy atom. The fraction of sp³-hybridized carbons (Fsp3) is 0.435. The lowest BCUT2D eigenvalue weighted by Gasteiger charge is -2.33. The van der Waals surface area contributed by atoms with Gasteiger partial charge in [-0.25, -0.2) is 0 Å². The Labute approximate surface area is 169 Å². The molecule has 3 nitrogen and oxygen atoms in total. The number of hydrogen-bond acceptors (Lipinski definition) is 2. The van der Waals surface area contributed by atoms with E-state index in [2.05, 4.69) is 84.8 Å². The van der Waals surface area contributed by atoms with Crippen molar-refractivity contribution in [2.24, 2.45) is 5.92 Å². The van der Waals surface area contributed by atoms with E-state index >= 15 is 0 Å². The SMILES string of the molecule is CCc1ccc(NC(=S)NC(C)c2ccc(N3CCCC(C)C3)cc2)cc1. The highest BCUT2D eigenvalue weighted by Gasteiger charge is 2.17. The van der Waals surface area contributed by atoms with Gasteiger partial charge in [0.2, 0.25) is 0 Å². The van der Waals surface area contributed by atoms with Gasteiger partial charge in [0.1, 0.15) is 0 Å². The summed E-state index contributed by atoms with van der Waals surface area (Å²) in [5.74, 6) is 0.786. The van der Waals surface area contributed by atoms with Crippen molar-refractivity contribution < 1.29 is 0 Å². The molecule has 1 aliphatic heterocycles. The molecule has 27 heavy (non-hydrogen) atoms. The number of anilines is 2. The van der Waals surface area contributed by atoms with Gasteiger partial charge in [-0.15, -0.1) is 0 Å². The maximum Gasteiger partial charge on any atom is 0.171 e. The van der Waals surface area contributed by atoms with Gasteiger partial charge in [-0.2, -0.15) is 0 Å². The number of thiocarbonyl (C=S) groups is 1. The maximum absolute atomic E-state index is 5.48. The standard InChI is InChI=1S/C23H31N3S/c1-4-19-7-11-21(12-8-19)25-23(27)24-18(3)20-9-13-22(14-10-20)26-15-5-6-17(2)16-26/h7-14,17-18H,4-6,15-16H2,1-3H3,(H2,24,25,27). The third-order valence-electron chi connectivity index (χ3n) is 5.38. The van der Waals surface area contributed by atoms with E-state index in [1.807, 2.05) is 0 Å². The molecule has 0 saturated carbocycles. The molecule has 144 valence electrons. The summed E-state index contributed by atoms with van der Waals surface area (Å²) in [4.78, 5) is 2.50. The van der Waals surface area contributed by atoms with E-state index in [4.69, 9.17) is 12.2 Å². The summed E-state index contributed by atoms with van der Waals surface area (Å²) < 4.78 is 0. The van der Waals surface area contributed by atoms with Gasteiger partial charge in [-0.05, 0) is 79.7 Å². The molecule has 1 saturated heterocycles. The largest absolute Gasteiger partial charge is 0.371 e. The van der Waals surface area contributed by atoms with Gasteiger partial charge >= 0.3 is 0 Å². The minimum absolute atomic E-state index is 0.161. The number of benzene rings is 2. The van der Waals surface area contributed by atoms with Crippen molar-refractivity contribution in [1.29, 1.82) is 0 Å². The van der Waals surface area contributed by atoms with Gasteiger partial charge in [0, 0.05) is 24.5 Å². The van der Waals surface area contributed by atoms with Crippen molar-refractivity contribution >= 4 is 28.7 Å². The minimum Gasteiger partial charge on any atom is -0.371 e. The van der Waals surface area contributed by atoms with Crippen LogP contribution in [0.5, 0.6) is 0 Å². The number of rotatable bonds is 5. The zero-order chi connectivity index (χ0) is 19.2. The number of hydrogen-bond donors (Lipinski definition) is 2. The first-order chi connectivity index (χ1) is 13.0. The van der Waals surface area contributed by atoms with Crippen LogP contribution in [0.3, 0.4) is 0 Å². The monoisotopic (exact) mass is 381 g/mol. The van der Waals surface area contributed by atoms with E-state index in [1.165, 1.54) is 36.2 Å². The molecular weight excluding hydrogens is 350 g/mol. The number of aryl methyl sites for hydroxylation is 1. The van der Waals surface area contributed by atoms with Gasteiger partial charge in [-0.1, -0.05) is 38.1 Å². The fourth-order valence-corrected chi connectivity index (χ4v) is 3.96. The van der Waals surface area contributed by atoms with Crippen molar-refractivity contribution in [3.8, 4) is 0 Å². The van der Waals surface area contributed by atoms with Gasteiger partial charge < -0.3 is 15.5 Å². The first-order valence-corrected chi connectivity index (χ1v) is 10.5. The predicted octanol–water partition coefficient (Wildman–Crippen LogP) is 5.53. The highest BCUT2D eigenvalue weighted by Crippen LogP contribution is 2.24. The lowest BCUT2D eigenvalue weighted by atomic mass is 9.99. The lowest BCUT2D eigenvalue weighted by Crippen LogP contribution is -2.34. The number of piperidine rings is 1. The average molecular weight is 382 g/mol. The van der Waals surface area contributed by atoms with Crippen LogP contribution < -0.4 is 15.5 Å². The van der Waals surface area contributed by atoms with Crippen LogP contribution in [0, 0.1) is 5.92 Å².